The summed E-state index contributed by atoms with van der Waals surface area (Å²) in [5.74, 6) is -0.0820. The fourth-order valence-corrected chi connectivity index (χ4v) is 2.95. The number of anilines is 1. The number of amides is 1. The van der Waals surface area contributed by atoms with Crippen LogP contribution in [0.5, 0.6) is 0 Å². The third-order valence-corrected chi connectivity index (χ3v) is 3.60. The van der Waals surface area contributed by atoms with Crippen LogP contribution in [0, 0.1) is 6.92 Å². The van der Waals surface area contributed by atoms with Crippen molar-refractivity contribution < 1.29 is 4.79 Å². The molecule has 2 aromatic rings. The molecule has 15 heavy (non-hydrogen) atoms. The Bertz CT molecular complexity index is 474. The normalized spacial score (nSPS) is 10.3. The minimum absolute atomic E-state index is 0.0820. The van der Waals surface area contributed by atoms with Gasteiger partial charge in [0.2, 0.25) is 5.91 Å². The molecule has 1 N–H and O–H groups in total. The quantitative estimate of drug-likeness (QED) is 0.873. The third-order valence-electron chi connectivity index (χ3n) is 1.83. The van der Waals surface area contributed by atoms with Crippen LogP contribution >= 0.6 is 22.7 Å². The Balaban J connectivity index is 2.34. The van der Waals surface area contributed by atoms with Gasteiger partial charge in [-0.25, -0.2) is 4.98 Å². The molecule has 1 amide bonds. The van der Waals surface area contributed by atoms with Gasteiger partial charge in [0.15, 0.2) is 5.13 Å². The lowest BCUT2D eigenvalue weighted by atomic mass is 10.3. The summed E-state index contributed by atoms with van der Waals surface area (Å²) >= 11 is 3.16. The smallest absolute Gasteiger partial charge is 0.223 e. The monoisotopic (exact) mass is 238 g/mol. The van der Waals surface area contributed by atoms with Crippen LogP contribution in [0.2, 0.25) is 0 Å². The van der Waals surface area contributed by atoms with Crippen LogP contribution in [0.1, 0.15) is 11.8 Å². The van der Waals surface area contributed by atoms with E-state index in [1.54, 1.807) is 11.3 Å². The Morgan fingerprint density at radius 3 is 2.93 bits per heavy atom. The number of carbonyl (C=O) groups excluding carboxylic acids is 1. The fraction of sp³-hybridized carbons (Fsp3) is 0.200. The maximum absolute atomic E-state index is 10.9. The zero-order chi connectivity index (χ0) is 10.8. The largest absolute Gasteiger partial charge is 0.302 e. The SMILES string of the molecule is CC(=O)Nc1nc(-c2cccs2)c(C)s1. The summed E-state index contributed by atoms with van der Waals surface area (Å²) in [4.78, 5) is 17.5. The number of hydrogen-bond donors (Lipinski definition) is 1. The second-order valence-corrected chi connectivity index (χ2v) is 5.23. The number of thiophene rings is 1. The highest BCUT2D eigenvalue weighted by atomic mass is 32.1. The van der Waals surface area contributed by atoms with Crippen LogP contribution < -0.4 is 5.32 Å². The number of aryl methyl sites for hydroxylation is 1. The molecular formula is C10H10N2OS2. The summed E-state index contributed by atoms with van der Waals surface area (Å²) in [7, 11) is 0. The molecule has 0 saturated carbocycles. The number of thiazole rings is 1. The molecule has 3 nitrogen and oxygen atoms in total. The number of nitrogens with one attached hydrogen (secondary N) is 1. The molecule has 0 aliphatic carbocycles. The van der Waals surface area contributed by atoms with Crippen molar-refractivity contribution in [3.8, 4) is 10.6 Å². The van der Waals surface area contributed by atoms with Crippen LogP contribution in [0.15, 0.2) is 17.5 Å². The zero-order valence-electron chi connectivity index (χ0n) is 8.40. The highest BCUT2D eigenvalue weighted by Gasteiger charge is 2.10. The third kappa shape index (κ3) is 2.24. The van der Waals surface area contributed by atoms with Crippen molar-refractivity contribution in [2.75, 3.05) is 5.32 Å². The molecular weight excluding hydrogens is 228 g/mol. The lowest BCUT2D eigenvalue weighted by Crippen LogP contribution is -2.04. The van der Waals surface area contributed by atoms with Gasteiger partial charge >= 0.3 is 0 Å². The van der Waals surface area contributed by atoms with Crippen molar-refractivity contribution in [1.82, 2.24) is 4.98 Å². The predicted molar refractivity (Wildman–Crippen MR) is 64.5 cm³/mol. The summed E-state index contributed by atoms with van der Waals surface area (Å²) < 4.78 is 0. The molecule has 78 valence electrons. The molecule has 2 aromatic heterocycles. The molecule has 0 aromatic carbocycles. The van der Waals surface area contributed by atoms with Gasteiger partial charge in [0, 0.05) is 11.8 Å². The van der Waals surface area contributed by atoms with E-state index in [2.05, 4.69) is 10.3 Å². The molecule has 2 rings (SSSR count). The summed E-state index contributed by atoms with van der Waals surface area (Å²) in [6, 6.07) is 4.03. The molecule has 0 atom stereocenters. The Morgan fingerprint density at radius 2 is 2.33 bits per heavy atom. The first kappa shape index (κ1) is 10.3. The van der Waals surface area contributed by atoms with Crippen LogP contribution in [0.3, 0.4) is 0 Å². The van der Waals surface area contributed by atoms with E-state index in [0.717, 1.165) is 15.4 Å². The second kappa shape index (κ2) is 4.12. The van der Waals surface area contributed by atoms with Crippen molar-refractivity contribution in [3.05, 3.63) is 22.4 Å². The van der Waals surface area contributed by atoms with Gasteiger partial charge in [-0.15, -0.1) is 22.7 Å². The van der Waals surface area contributed by atoms with Crippen LogP contribution in [0.25, 0.3) is 10.6 Å². The van der Waals surface area contributed by atoms with Gasteiger partial charge in [-0.2, -0.15) is 0 Å². The molecule has 0 bridgehead atoms. The molecule has 0 saturated heterocycles. The van der Waals surface area contributed by atoms with Gasteiger partial charge in [0.1, 0.15) is 0 Å². The Kier molecular flexibility index (Phi) is 2.83. The Labute approximate surface area is 95.8 Å². The molecule has 0 radical (unpaired) electrons. The minimum atomic E-state index is -0.0820. The van der Waals surface area contributed by atoms with Crippen molar-refractivity contribution in [3.63, 3.8) is 0 Å². The zero-order valence-corrected chi connectivity index (χ0v) is 10.0. The number of hydrogen-bond acceptors (Lipinski definition) is 4. The van der Waals surface area contributed by atoms with Gasteiger partial charge in [0.05, 0.1) is 10.6 Å². The van der Waals surface area contributed by atoms with E-state index in [1.807, 2.05) is 24.4 Å². The first-order valence-electron chi connectivity index (χ1n) is 4.45. The van der Waals surface area contributed by atoms with E-state index in [4.69, 9.17) is 0 Å². The lowest BCUT2D eigenvalue weighted by Gasteiger charge is -1.93. The molecule has 0 aliphatic rings. The lowest BCUT2D eigenvalue weighted by molar-refractivity contribution is -0.114. The van der Waals surface area contributed by atoms with Crippen molar-refractivity contribution >= 4 is 33.7 Å². The first-order chi connectivity index (χ1) is 7.16. The van der Waals surface area contributed by atoms with E-state index in [1.165, 1.54) is 18.3 Å². The molecule has 0 unspecified atom stereocenters. The Hall–Kier alpha value is -1.20. The molecule has 5 heteroatoms. The van der Waals surface area contributed by atoms with Crippen molar-refractivity contribution in [2.24, 2.45) is 0 Å². The maximum atomic E-state index is 10.9. The molecule has 0 aliphatic heterocycles. The highest BCUT2D eigenvalue weighted by Crippen LogP contribution is 2.32. The van der Waals surface area contributed by atoms with E-state index in [-0.39, 0.29) is 5.91 Å². The summed E-state index contributed by atoms with van der Waals surface area (Å²) in [5, 5.41) is 5.39. The van der Waals surface area contributed by atoms with Crippen LogP contribution in [-0.2, 0) is 4.79 Å². The summed E-state index contributed by atoms with van der Waals surface area (Å²) in [5.41, 5.74) is 0.971. The fourth-order valence-electron chi connectivity index (χ4n) is 1.24. The average Bonchev–Trinajstić information content (AvgIpc) is 2.72. The standard InChI is InChI=1S/C10H10N2OS2/c1-6-9(8-4-3-5-14-8)12-10(15-6)11-7(2)13/h3-5H,1-2H3,(H,11,12,13). The van der Waals surface area contributed by atoms with Crippen LogP contribution in [-0.4, -0.2) is 10.9 Å². The number of aromatic nitrogens is 1. The average molecular weight is 238 g/mol. The van der Waals surface area contributed by atoms with Gasteiger partial charge in [-0.3, -0.25) is 4.79 Å². The van der Waals surface area contributed by atoms with E-state index >= 15 is 0 Å². The van der Waals surface area contributed by atoms with E-state index in [9.17, 15) is 4.79 Å². The molecule has 0 spiro atoms. The van der Waals surface area contributed by atoms with Gasteiger partial charge in [-0.05, 0) is 18.4 Å². The van der Waals surface area contributed by atoms with Crippen molar-refractivity contribution in [1.29, 1.82) is 0 Å². The summed E-state index contributed by atoms with van der Waals surface area (Å²) in [6.07, 6.45) is 0. The number of carbonyl (C=O) groups is 1. The van der Waals surface area contributed by atoms with Gasteiger partial charge in [0.25, 0.3) is 0 Å². The molecule has 2 heterocycles. The predicted octanol–water partition coefficient (Wildman–Crippen LogP) is 3.14. The van der Waals surface area contributed by atoms with Crippen molar-refractivity contribution in [2.45, 2.75) is 13.8 Å². The number of rotatable bonds is 2. The minimum Gasteiger partial charge on any atom is -0.302 e. The topological polar surface area (TPSA) is 42.0 Å². The van der Waals surface area contributed by atoms with E-state index < -0.39 is 0 Å². The first-order valence-corrected chi connectivity index (χ1v) is 6.15. The van der Waals surface area contributed by atoms with Gasteiger partial charge in [-0.1, -0.05) is 6.07 Å². The maximum Gasteiger partial charge on any atom is 0.223 e. The van der Waals surface area contributed by atoms with Gasteiger partial charge < -0.3 is 5.32 Å². The summed E-state index contributed by atoms with van der Waals surface area (Å²) in [6.45, 7) is 3.50. The molecule has 0 fully saturated rings. The highest BCUT2D eigenvalue weighted by molar-refractivity contribution is 7.17. The Morgan fingerprint density at radius 1 is 1.53 bits per heavy atom. The van der Waals surface area contributed by atoms with E-state index in [0.29, 0.717) is 5.13 Å². The second-order valence-electron chi connectivity index (χ2n) is 3.08. The van der Waals surface area contributed by atoms with Crippen LogP contribution in [0.4, 0.5) is 5.13 Å². The number of nitrogens with zero attached hydrogens (tertiary/aromatic N) is 1.